The van der Waals surface area contributed by atoms with Crippen LogP contribution >= 0.6 is 0 Å². The van der Waals surface area contributed by atoms with E-state index in [0.29, 0.717) is 23.5 Å². The number of hydrogen-bond donors (Lipinski definition) is 0. The Labute approximate surface area is 123 Å². The standard InChI is InChI=1S/C17H16FNO2/c1-2-9-20-15-5-7-16(8-6-15)21-12-14-4-3-13(11-19)10-17(14)18/h3-8,10H,2,9,12H2,1H3. The van der Waals surface area contributed by atoms with Gasteiger partial charge in [-0.15, -0.1) is 0 Å². The van der Waals surface area contributed by atoms with Crippen molar-refractivity contribution < 1.29 is 13.9 Å². The van der Waals surface area contributed by atoms with Crippen molar-refractivity contribution in [1.82, 2.24) is 0 Å². The van der Waals surface area contributed by atoms with Crippen LogP contribution in [0.4, 0.5) is 4.39 Å². The predicted octanol–water partition coefficient (Wildman–Crippen LogP) is 4.07. The van der Waals surface area contributed by atoms with Gasteiger partial charge in [0.25, 0.3) is 0 Å². The Kier molecular flexibility index (Phi) is 5.16. The largest absolute Gasteiger partial charge is 0.494 e. The van der Waals surface area contributed by atoms with E-state index in [9.17, 15) is 4.39 Å². The van der Waals surface area contributed by atoms with Crippen molar-refractivity contribution in [3.05, 3.63) is 59.4 Å². The molecule has 0 aliphatic heterocycles. The Hall–Kier alpha value is -2.54. The summed E-state index contributed by atoms with van der Waals surface area (Å²) in [5.41, 5.74) is 0.717. The zero-order chi connectivity index (χ0) is 15.1. The average molecular weight is 285 g/mol. The predicted molar refractivity (Wildman–Crippen MR) is 77.7 cm³/mol. The van der Waals surface area contributed by atoms with Crippen LogP contribution in [0.5, 0.6) is 11.5 Å². The minimum Gasteiger partial charge on any atom is -0.494 e. The third-order valence-corrected chi connectivity index (χ3v) is 2.87. The van der Waals surface area contributed by atoms with Crippen molar-refractivity contribution >= 4 is 0 Å². The van der Waals surface area contributed by atoms with Gasteiger partial charge in [-0.2, -0.15) is 5.26 Å². The summed E-state index contributed by atoms with van der Waals surface area (Å²) in [6.07, 6.45) is 0.955. The van der Waals surface area contributed by atoms with E-state index in [4.69, 9.17) is 14.7 Å². The highest BCUT2D eigenvalue weighted by Gasteiger charge is 2.05. The first-order valence-corrected chi connectivity index (χ1v) is 6.77. The molecule has 21 heavy (non-hydrogen) atoms. The summed E-state index contributed by atoms with van der Waals surface area (Å²) in [6, 6.07) is 13.4. The number of benzene rings is 2. The summed E-state index contributed by atoms with van der Waals surface area (Å²) < 4.78 is 24.7. The SMILES string of the molecule is CCCOc1ccc(OCc2ccc(C#N)cc2F)cc1. The van der Waals surface area contributed by atoms with Gasteiger partial charge in [0.2, 0.25) is 0 Å². The molecular weight excluding hydrogens is 269 g/mol. The molecule has 0 bridgehead atoms. The highest BCUT2D eigenvalue weighted by Crippen LogP contribution is 2.19. The average Bonchev–Trinajstić information content (AvgIpc) is 2.52. The molecule has 4 heteroatoms. The summed E-state index contributed by atoms with van der Waals surface area (Å²) in [5, 5.41) is 8.69. The second-order valence-corrected chi connectivity index (χ2v) is 4.53. The molecule has 2 rings (SSSR count). The third-order valence-electron chi connectivity index (χ3n) is 2.87. The Bertz CT molecular complexity index is 632. The van der Waals surface area contributed by atoms with Crippen molar-refractivity contribution in [3.8, 4) is 17.6 Å². The molecule has 0 aliphatic carbocycles. The highest BCUT2D eigenvalue weighted by molar-refractivity contribution is 5.34. The molecule has 0 saturated carbocycles. The summed E-state index contributed by atoms with van der Waals surface area (Å²) in [7, 11) is 0. The molecule has 0 amide bonds. The topological polar surface area (TPSA) is 42.2 Å². The Morgan fingerprint density at radius 1 is 1.05 bits per heavy atom. The van der Waals surface area contributed by atoms with E-state index in [0.717, 1.165) is 12.2 Å². The van der Waals surface area contributed by atoms with Crippen molar-refractivity contribution in [2.24, 2.45) is 0 Å². The number of hydrogen-bond acceptors (Lipinski definition) is 3. The van der Waals surface area contributed by atoms with E-state index in [-0.39, 0.29) is 6.61 Å². The number of ether oxygens (including phenoxy) is 2. The highest BCUT2D eigenvalue weighted by atomic mass is 19.1. The van der Waals surface area contributed by atoms with Gasteiger partial charge in [0.1, 0.15) is 23.9 Å². The van der Waals surface area contributed by atoms with Crippen LogP contribution in [0, 0.1) is 17.1 Å². The molecule has 3 nitrogen and oxygen atoms in total. The van der Waals surface area contributed by atoms with Crippen molar-refractivity contribution in [2.45, 2.75) is 20.0 Å². The van der Waals surface area contributed by atoms with E-state index >= 15 is 0 Å². The normalized spacial score (nSPS) is 9.95. The maximum Gasteiger partial charge on any atom is 0.131 e. The molecule has 0 radical (unpaired) electrons. The Morgan fingerprint density at radius 3 is 2.29 bits per heavy atom. The zero-order valence-electron chi connectivity index (χ0n) is 11.8. The number of rotatable bonds is 6. The summed E-state index contributed by atoms with van der Waals surface area (Å²) in [4.78, 5) is 0. The van der Waals surface area contributed by atoms with Crippen LogP contribution in [-0.4, -0.2) is 6.61 Å². The number of halogens is 1. The van der Waals surface area contributed by atoms with Crippen molar-refractivity contribution in [2.75, 3.05) is 6.61 Å². The third kappa shape index (κ3) is 4.22. The summed E-state index contributed by atoms with van der Waals surface area (Å²) in [5.74, 6) is 0.994. The second kappa shape index (κ2) is 7.30. The fourth-order valence-electron chi connectivity index (χ4n) is 1.75. The second-order valence-electron chi connectivity index (χ2n) is 4.53. The quantitative estimate of drug-likeness (QED) is 0.803. The van der Waals surface area contributed by atoms with Crippen LogP contribution in [0.25, 0.3) is 0 Å². The van der Waals surface area contributed by atoms with Crippen LogP contribution in [0.3, 0.4) is 0 Å². The monoisotopic (exact) mass is 285 g/mol. The fraction of sp³-hybridized carbons (Fsp3) is 0.235. The molecule has 0 unspecified atom stereocenters. The lowest BCUT2D eigenvalue weighted by atomic mass is 10.1. The maximum atomic E-state index is 13.7. The first-order valence-electron chi connectivity index (χ1n) is 6.77. The molecule has 0 N–H and O–H groups in total. The van der Waals surface area contributed by atoms with Gasteiger partial charge in [0.15, 0.2) is 0 Å². The van der Waals surface area contributed by atoms with Crippen LogP contribution in [0.2, 0.25) is 0 Å². The molecule has 2 aromatic rings. The van der Waals surface area contributed by atoms with E-state index in [1.54, 1.807) is 24.3 Å². The zero-order valence-corrected chi connectivity index (χ0v) is 11.8. The fourth-order valence-corrected chi connectivity index (χ4v) is 1.75. The molecular formula is C17H16FNO2. The lowest BCUT2D eigenvalue weighted by molar-refractivity contribution is 0.296. The molecule has 0 fully saturated rings. The van der Waals surface area contributed by atoms with Gasteiger partial charge in [0.05, 0.1) is 18.2 Å². The van der Waals surface area contributed by atoms with Gasteiger partial charge in [-0.05, 0) is 42.8 Å². The lowest BCUT2D eigenvalue weighted by Crippen LogP contribution is -1.99. The Morgan fingerprint density at radius 2 is 1.71 bits per heavy atom. The molecule has 0 heterocycles. The Balaban J connectivity index is 1.95. The van der Waals surface area contributed by atoms with Crippen molar-refractivity contribution in [3.63, 3.8) is 0 Å². The van der Waals surface area contributed by atoms with Crippen LogP contribution < -0.4 is 9.47 Å². The molecule has 0 aliphatic rings. The number of nitriles is 1. The molecule has 0 spiro atoms. The maximum absolute atomic E-state index is 13.7. The van der Waals surface area contributed by atoms with Crippen LogP contribution in [-0.2, 0) is 6.61 Å². The minimum absolute atomic E-state index is 0.118. The van der Waals surface area contributed by atoms with E-state index in [2.05, 4.69) is 0 Å². The molecule has 0 atom stereocenters. The lowest BCUT2D eigenvalue weighted by Gasteiger charge is -2.09. The molecule has 2 aromatic carbocycles. The van der Waals surface area contributed by atoms with Gasteiger partial charge in [-0.25, -0.2) is 4.39 Å². The van der Waals surface area contributed by atoms with Crippen LogP contribution in [0.15, 0.2) is 42.5 Å². The molecule has 0 aromatic heterocycles. The molecule has 108 valence electrons. The van der Waals surface area contributed by atoms with Gasteiger partial charge < -0.3 is 9.47 Å². The van der Waals surface area contributed by atoms with E-state index in [1.165, 1.54) is 6.07 Å². The summed E-state index contributed by atoms with van der Waals surface area (Å²) >= 11 is 0. The minimum atomic E-state index is -0.433. The van der Waals surface area contributed by atoms with Crippen molar-refractivity contribution in [1.29, 1.82) is 5.26 Å². The van der Waals surface area contributed by atoms with Gasteiger partial charge in [-0.1, -0.05) is 13.0 Å². The first-order chi connectivity index (χ1) is 10.2. The van der Waals surface area contributed by atoms with E-state index in [1.807, 2.05) is 25.1 Å². The molecule has 0 saturated heterocycles. The first kappa shape index (κ1) is 14.9. The van der Waals surface area contributed by atoms with Gasteiger partial charge in [0, 0.05) is 5.56 Å². The van der Waals surface area contributed by atoms with Gasteiger partial charge in [-0.3, -0.25) is 0 Å². The van der Waals surface area contributed by atoms with E-state index < -0.39 is 5.82 Å². The van der Waals surface area contributed by atoms with Gasteiger partial charge >= 0.3 is 0 Å². The van der Waals surface area contributed by atoms with Crippen LogP contribution in [0.1, 0.15) is 24.5 Å². The number of nitrogens with zero attached hydrogens (tertiary/aromatic N) is 1. The summed E-state index contributed by atoms with van der Waals surface area (Å²) in [6.45, 7) is 2.84. The smallest absolute Gasteiger partial charge is 0.131 e.